The average Bonchev–Trinajstić information content (AvgIpc) is 3.04. The minimum atomic E-state index is 0.391. The van der Waals surface area contributed by atoms with Gasteiger partial charge in [0.25, 0.3) is 0 Å². The molecule has 2 nitrogen and oxygen atoms in total. The summed E-state index contributed by atoms with van der Waals surface area (Å²) in [5, 5.41) is 0. The summed E-state index contributed by atoms with van der Waals surface area (Å²) in [4.78, 5) is 2.57. The van der Waals surface area contributed by atoms with Crippen LogP contribution in [0.2, 0.25) is 0 Å². The molecule has 1 aliphatic heterocycles. The molecule has 1 aromatic rings. The number of hydrogen-bond donors (Lipinski definition) is 0. The first-order chi connectivity index (χ1) is 7.81. The molecule has 0 radical (unpaired) electrons. The van der Waals surface area contributed by atoms with Crippen molar-refractivity contribution in [2.45, 2.75) is 31.4 Å². The molecule has 0 bridgehead atoms. The number of ether oxygens (including phenoxy) is 1. The van der Waals surface area contributed by atoms with Crippen LogP contribution in [0.1, 0.15) is 19.3 Å². The lowest BCUT2D eigenvalue weighted by molar-refractivity contribution is 0.198. The van der Waals surface area contributed by atoms with Gasteiger partial charge in [-0.1, -0.05) is 15.9 Å². The molecule has 2 fully saturated rings. The molecule has 0 spiro atoms. The molecule has 16 heavy (non-hydrogen) atoms. The monoisotopic (exact) mass is 281 g/mol. The molecular formula is C13H16BrNO. The number of rotatable bonds is 3. The molecule has 1 heterocycles. The normalized spacial score (nSPS) is 25.9. The van der Waals surface area contributed by atoms with Crippen molar-refractivity contribution in [2.75, 3.05) is 13.1 Å². The molecule has 3 heteroatoms. The minimum Gasteiger partial charge on any atom is -0.489 e. The van der Waals surface area contributed by atoms with Crippen LogP contribution >= 0.6 is 15.9 Å². The molecule has 1 saturated heterocycles. The van der Waals surface area contributed by atoms with Crippen LogP contribution < -0.4 is 4.74 Å². The Bertz CT molecular complexity index is 361. The van der Waals surface area contributed by atoms with Crippen molar-refractivity contribution in [3.63, 3.8) is 0 Å². The van der Waals surface area contributed by atoms with E-state index < -0.39 is 0 Å². The van der Waals surface area contributed by atoms with Gasteiger partial charge in [-0.2, -0.15) is 0 Å². The maximum absolute atomic E-state index is 5.98. The summed E-state index contributed by atoms with van der Waals surface area (Å²) in [6, 6.07) is 9.00. The van der Waals surface area contributed by atoms with Gasteiger partial charge in [-0.25, -0.2) is 0 Å². The summed E-state index contributed by atoms with van der Waals surface area (Å²) in [5.74, 6) is 0.992. The Morgan fingerprint density at radius 3 is 2.56 bits per heavy atom. The van der Waals surface area contributed by atoms with Gasteiger partial charge >= 0.3 is 0 Å². The van der Waals surface area contributed by atoms with Gasteiger partial charge in [-0.15, -0.1) is 0 Å². The topological polar surface area (TPSA) is 12.5 Å². The smallest absolute Gasteiger partial charge is 0.119 e. The van der Waals surface area contributed by atoms with Crippen molar-refractivity contribution in [1.29, 1.82) is 0 Å². The van der Waals surface area contributed by atoms with Crippen molar-refractivity contribution in [2.24, 2.45) is 0 Å². The number of hydrogen-bond acceptors (Lipinski definition) is 2. The average molecular weight is 282 g/mol. The SMILES string of the molecule is Brc1ccc(OC2CCN(C3CC3)C2)cc1. The molecule has 1 atom stereocenters. The molecule has 1 saturated carbocycles. The fourth-order valence-electron chi connectivity index (χ4n) is 2.33. The molecule has 0 amide bonds. The highest BCUT2D eigenvalue weighted by molar-refractivity contribution is 9.10. The van der Waals surface area contributed by atoms with E-state index in [0.717, 1.165) is 22.8 Å². The van der Waals surface area contributed by atoms with Crippen LogP contribution in [0, 0.1) is 0 Å². The molecule has 0 aromatic heterocycles. The Morgan fingerprint density at radius 2 is 1.88 bits per heavy atom. The van der Waals surface area contributed by atoms with E-state index in [4.69, 9.17) is 4.74 Å². The van der Waals surface area contributed by atoms with Crippen molar-refractivity contribution >= 4 is 15.9 Å². The van der Waals surface area contributed by atoms with Crippen molar-refractivity contribution < 1.29 is 4.74 Å². The number of benzene rings is 1. The predicted molar refractivity (Wildman–Crippen MR) is 67.8 cm³/mol. The predicted octanol–water partition coefficient (Wildman–Crippen LogP) is 3.06. The summed E-state index contributed by atoms with van der Waals surface area (Å²) in [5.41, 5.74) is 0. The van der Waals surface area contributed by atoms with Crippen LogP contribution in [0.3, 0.4) is 0 Å². The summed E-state index contributed by atoms with van der Waals surface area (Å²) < 4.78 is 7.08. The maximum atomic E-state index is 5.98. The minimum absolute atomic E-state index is 0.391. The largest absolute Gasteiger partial charge is 0.489 e. The third-order valence-electron chi connectivity index (χ3n) is 3.36. The van der Waals surface area contributed by atoms with Crippen LogP contribution in [0.5, 0.6) is 5.75 Å². The van der Waals surface area contributed by atoms with Gasteiger partial charge in [-0.3, -0.25) is 4.90 Å². The quantitative estimate of drug-likeness (QED) is 0.844. The lowest BCUT2D eigenvalue weighted by Crippen LogP contribution is -2.26. The van der Waals surface area contributed by atoms with E-state index in [-0.39, 0.29) is 0 Å². The lowest BCUT2D eigenvalue weighted by atomic mass is 10.3. The first kappa shape index (κ1) is 10.6. The van der Waals surface area contributed by atoms with Gasteiger partial charge in [0, 0.05) is 23.6 Å². The zero-order valence-corrected chi connectivity index (χ0v) is 10.8. The molecular weight excluding hydrogens is 266 g/mol. The van der Waals surface area contributed by atoms with Crippen molar-refractivity contribution in [1.82, 2.24) is 4.90 Å². The van der Waals surface area contributed by atoms with E-state index in [1.165, 1.54) is 25.8 Å². The number of halogens is 1. The Kier molecular flexibility index (Phi) is 2.90. The van der Waals surface area contributed by atoms with E-state index in [1.807, 2.05) is 24.3 Å². The molecule has 1 aliphatic carbocycles. The Morgan fingerprint density at radius 1 is 1.12 bits per heavy atom. The van der Waals surface area contributed by atoms with Crippen LogP contribution in [0.15, 0.2) is 28.7 Å². The zero-order valence-electron chi connectivity index (χ0n) is 9.23. The highest BCUT2D eigenvalue weighted by Gasteiger charge is 2.35. The van der Waals surface area contributed by atoms with Crippen LogP contribution in [-0.4, -0.2) is 30.1 Å². The third-order valence-corrected chi connectivity index (χ3v) is 3.88. The maximum Gasteiger partial charge on any atom is 0.119 e. The van der Waals surface area contributed by atoms with Crippen LogP contribution in [0.25, 0.3) is 0 Å². The summed E-state index contributed by atoms with van der Waals surface area (Å²) in [6.45, 7) is 2.33. The number of nitrogens with zero attached hydrogens (tertiary/aromatic N) is 1. The fourth-order valence-corrected chi connectivity index (χ4v) is 2.59. The fraction of sp³-hybridized carbons (Fsp3) is 0.538. The van der Waals surface area contributed by atoms with Gasteiger partial charge in [0.15, 0.2) is 0 Å². The van der Waals surface area contributed by atoms with Crippen molar-refractivity contribution in [3.05, 3.63) is 28.7 Å². The van der Waals surface area contributed by atoms with Crippen LogP contribution in [0.4, 0.5) is 0 Å². The molecule has 86 valence electrons. The Hall–Kier alpha value is -0.540. The molecule has 0 N–H and O–H groups in total. The molecule has 2 aliphatic rings. The summed E-state index contributed by atoms with van der Waals surface area (Å²) >= 11 is 3.43. The molecule has 1 unspecified atom stereocenters. The lowest BCUT2D eigenvalue weighted by Gasteiger charge is -2.16. The Balaban J connectivity index is 1.57. The van der Waals surface area contributed by atoms with E-state index in [1.54, 1.807) is 0 Å². The second-order valence-corrected chi connectivity index (χ2v) is 5.62. The number of likely N-dealkylation sites (tertiary alicyclic amines) is 1. The first-order valence-corrected chi connectivity index (χ1v) is 6.77. The standard InChI is InChI=1S/C13H16BrNO/c14-10-1-5-12(6-2-10)16-13-7-8-15(9-13)11-3-4-11/h1-2,5-6,11,13H,3-4,7-9H2. The first-order valence-electron chi connectivity index (χ1n) is 5.97. The van der Waals surface area contributed by atoms with Gasteiger partial charge in [0.05, 0.1) is 0 Å². The molecule has 1 aromatic carbocycles. The third kappa shape index (κ3) is 2.41. The highest BCUT2D eigenvalue weighted by atomic mass is 79.9. The zero-order chi connectivity index (χ0) is 11.0. The van der Waals surface area contributed by atoms with Gasteiger partial charge in [0.2, 0.25) is 0 Å². The van der Waals surface area contributed by atoms with Crippen molar-refractivity contribution in [3.8, 4) is 5.75 Å². The van der Waals surface area contributed by atoms with E-state index in [9.17, 15) is 0 Å². The van der Waals surface area contributed by atoms with Gasteiger partial charge < -0.3 is 4.74 Å². The van der Waals surface area contributed by atoms with Crippen LogP contribution in [-0.2, 0) is 0 Å². The summed E-state index contributed by atoms with van der Waals surface area (Å²) in [6.07, 6.45) is 4.35. The second kappa shape index (κ2) is 4.38. The van der Waals surface area contributed by atoms with E-state index in [2.05, 4.69) is 20.8 Å². The second-order valence-electron chi connectivity index (χ2n) is 4.71. The summed E-state index contributed by atoms with van der Waals surface area (Å²) in [7, 11) is 0. The van der Waals surface area contributed by atoms with E-state index >= 15 is 0 Å². The highest BCUT2D eigenvalue weighted by Crippen LogP contribution is 2.31. The van der Waals surface area contributed by atoms with Gasteiger partial charge in [-0.05, 0) is 43.5 Å². The Labute approximate surface area is 105 Å². The molecule has 3 rings (SSSR count). The van der Waals surface area contributed by atoms with Gasteiger partial charge in [0.1, 0.15) is 11.9 Å². The van der Waals surface area contributed by atoms with E-state index in [0.29, 0.717) is 6.10 Å².